The zero-order chi connectivity index (χ0) is 10.6. The molecule has 0 unspecified atom stereocenters. The Morgan fingerprint density at radius 3 is 2.79 bits per heavy atom. The fraction of sp³-hybridized carbons (Fsp3) is 0.545. The number of hydrogen-bond donors (Lipinski definition) is 1. The molecule has 0 saturated heterocycles. The SMILES string of the molecule is CCCCCn1ccc(C)c(N)c1=O. The molecule has 0 aliphatic carbocycles. The molecule has 3 nitrogen and oxygen atoms in total. The van der Waals surface area contributed by atoms with Crippen molar-refractivity contribution in [3.05, 3.63) is 28.2 Å². The molecule has 1 heterocycles. The molecule has 2 N–H and O–H groups in total. The molecule has 0 aromatic carbocycles. The fourth-order valence-electron chi connectivity index (χ4n) is 1.39. The molecule has 0 radical (unpaired) electrons. The maximum absolute atomic E-state index is 11.6. The van der Waals surface area contributed by atoms with Crippen LogP contribution < -0.4 is 11.3 Å². The summed E-state index contributed by atoms with van der Waals surface area (Å²) in [5.41, 5.74) is 6.84. The molecule has 1 aromatic rings. The van der Waals surface area contributed by atoms with Crippen molar-refractivity contribution in [2.75, 3.05) is 5.73 Å². The minimum absolute atomic E-state index is 0.0545. The highest BCUT2D eigenvalue weighted by Crippen LogP contribution is 2.04. The summed E-state index contributed by atoms with van der Waals surface area (Å²) in [6.07, 6.45) is 5.18. The number of aryl methyl sites for hydroxylation is 2. The topological polar surface area (TPSA) is 48.0 Å². The summed E-state index contributed by atoms with van der Waals surface area (Å²) in [6, 6.07) is 1.89. The summed E-state index contributed by atoms with van der Waals surface area (Å²) in [6.45, 7) is 4.77. The third-order valence-electron chi connectivity index (χ3n) is 2.42. The van der Waals surface area contributed by atoms with Gasteiger partial charge in [0.1, 0.15) is 5.69 Å². The van der Waals surface area contributed by atoms with E-state index < -0.39 is 0 Å². The predicted molar refractivity (Wildman–Crippen MR) is 59.4 cm³/mol. The van der Waals surface area contributed by atoms with E-state index in [0.717, 1.165) is 31.4 Å². The number of anilines is 1. The first-order valence-electron chi connectivity index (χ1n) is 5.12. The van der Waals surface area contributed by atoms with Crippen LogP contribution in [0, 0.1) is 6.92 Å². The lowest BCUT2D eigenvalue weighted by Crippen LogP contribution is -2.23. The van der Waals surface area contributed by atoms with Crippen LogP contribution in [0.4, 0.5) is 5.69 Å². The van der Waals surface area contributed by atoms with Gasteiger partial charge in [0.2, 0.25) is 0 Å². The Hall–Kier alpha value is -1.25. The lowest BCUT2D eigenvalue weighted by Gasteiger charge is -2.07. The zero-order valence-electron chi connectivity index (χ0n) is 8.92. The van der Waals surface area contributed by atoms with Crippen molar-refractivity contribution in [2.45, 2.75) is 39.7 Å². The Labute approximate surface area is 84.6 Å². The number of nitrogens with zero attached hydrogens (tertiary/aromatic N) is 1. The van der Waals surface area contributed by atoms with Crippen molar-refractivity contribution in [3.63, 3.8) is 0 Å². The third kappa shape index (κ3) is 2.37. The lowest BCUT2D eigenvalue weighted by molar-refractivity contribution is 0.588. The highest BCUT2D eigenvalue weighted by atomic mass is 16.1. The van der Waals surface area contributed by atoms with Gasteiger partial charge in [0.25, 0.3) is 5.56 Å². The molecule has 14 heavy (non-hydrogen) atoms. The van der Waals surface area contributed by atoms with Gasteiger partial charge < -0.3 is 10.3 Å². The average Bonchev–Trinajstić information content (AvgIpc) is 2.18. The van der Waals surface area contributed by atoms with Crippen molar-refractivity contribution >= 4 is 5.69 Å². The van der Waals surface area contributed by atoms with Gasteiger partial charge >= 0.3 is 0 Å². The van der Waals surface area contributed by atoms with Crippen LogP contribution in [0.1, 0.15) is 31.7 Å². The number of rotatable bonds is 4. The quantitative estimate of drug-likeness (QED) is 0.744. The molecule has 78 valence electrons. The minimum Gasteiger partial charge on any atom is -0.394 e. The van der Waals surface area contributed by atoms with E-state index in [4.69, 9.17) is 5.73 Å². The summed E-state index contributed by atoms with van der Waals surface area (Å²) in [4.78, 5) is 11.6. The number of nitrogen functional groups attached to an aromatic ring is 1. The molecule has 0 amide bonds. The van der Waals surface area contributed by atoms with Gasteiger partial charge in [-0.2, -0.15) is 0 Å². The summed E-state index contributed by atoms with van der Waals surface area (Å²) in [5, 5.41) is 0. The van der Waals surface area contributed by atoms with Crippen molar-refractivity contribution < 1.29 is 0 Å². The molecule has 1 rings (SSSR count). The molecule has 0 atom stereocenters. The van der Waals surface area contributed by atoms with Crippen LogP contribution >= 0.6 is 0 Å². The van der Waals surface area contributed by atoms with Crippen molar-refractivity contribution in [1.82, 2.24) is 4.57 Å². The molecule has 0 aliphatic rings. The predicted octanol–water partition coefficient (Wildman–Crippen LogP) is 1.93. The number of unbranched alkanes of at least 4 members (excludes halogenated alkanes) is 2. The van der Waals surface area contributed by atoms with Gasteiger partial charge in [-0.05, 0) is 25.0 Å². The van der Waals surface area contributed by atoms with Crippen LogP contribution in [0.5, 0.6) is 0 Å². The van der Waals surface area contributed by atoms with Crippen LogP contribution in [-0.4, -0.2) is 4.57 Å². The van der Waals surface area contributed by atoms with Gasteiger partial charge in [-0.25, -0.2) is 0 Å². The smallest absolute Gasteiger partial charge is 0.273 e. The van der Waals surface area contributed by atoms with E-state index in [1.165, 1.54) is 0 Å². The highest BCUT2D eigenvalue weighted by Gasteiger charge is 2.02. The number of hydrogen-bond acceptors (Lipinski definition) is 2. The van der Waals surface area contributed by atoms with E-state index in [0.29, 0.717) is 5.69 Å². The van der Waals surface area contributed by atoms with Crippen molar-refractivity contribution in [1.29, 1.82) is 0 Å². The van der Waals surface area contributed by atoms with Gasteiger partial charge in [-0.3, -0.25) is 4.79 Å². The highest BCUT2D eigenvalue weighted by molar-refractivity contribution is 5.42. The Morgan fingerprint density at radius 2 is 2.14 bits per heavy atom. The Morgan fingerprint density at radius 1 is 1.43 bits per heavy atom. The van der Waals surface area contributed by atoms with E-state index in [-0.39, 0.29) is 5.56 Å². The van der Waals surface area contributed by atoms with Gasteiger partial charge in [-0.1, -0.05) is 19.8 Å². The van der Waals surface area contributed by atoms with Crippen molar-refractivity contribution in [3.8, 4) is 0 Å². The van der Waals surface area contributed by atoms with Crippen LogP contribution in [0.3, 0.4) is 0 Å². The van der Waals surface area contributed by atoms with E-state index in [1.807, 2.05) is 19.2 Å². The molecular formula is C11H18N2O. The van der Waals surface area contributed by atoms with Crippen LogP contribution in [0.25, 0.3) is 0 Å². The number of aromatic nitrogens is 1. The second kappa shape index (κ2) is 4.84. The molecule has 0 spiro atoms. The van der Waals surface area contributed by atoms with E-state index in [9.17, 15) is 4.79 Å². The van der Waals surface area contributed by atoms with Gasteiger partial charge in [0.15, 0.2) is 0 Å². The number of nitrogens with two attached hydrogens (primary N) is 1. The Kier molecular flexibility index (Phi) is 3.74. The third-order valence-corrected chi connectivity index (χ3v) is 2.42. The lowest BCUT2D eigenvalue weighted by atomic mass is 10.2. The van der Waals surface area contributed by atoms with Crippen molar-refractivity contribution in [2.24, 2.45) is 0 Å². The summed E-state index contributed by atoms with van der Waals surface area (Å²) >= 11 is 0. The molecular weight excluding hydrogens is 176 g/mol. The summed E-state index contributed by atoms with van der Waals surface area (Å²) < 4.78 is 1.69. The largest absolute Gasteiger partial charge is 0.394 e. The molecule has 3 heteroatoms. The normalized spacial score (nSPS) is 10.4. The van der Waals surface area contributed by atoms with E-state index >= 15 is 0 Å². The summed E-state index contributed by atoms with van der Waals surface area (Å²) in [7, 11) is 0. The van der Waals surface area contributed by atoms with Crippen LogP contribution in [-0.2, 0) is 6.54 Å². The number of pyridine rings is 1. The zero-order valence-corrected chi connectivity index (χ0v) is 8.92. The van der Waals surface area contributed by atoms with E-state index in [2.05, 4.69) is 6.92 Å². The molecule has 0 bridgehead atoms. The molecule has 0 saturated carbocycles. The van der Waals surface area contributed by atoms with E-state index in [1.54, 1.807) is 4.57 Å². The maximum Gasteiger partial charge on any atom is 0.273 e. The Bertz CT molecular complexity index is 355. The summed E-state index contributed by atoms with van der Waals surface area (Å²) in [5.74, 6) is 0. The molecule has 0 aliphatic heterocycles. The Balaban J connectivity index is 2.79. The van der Waals surface area contributed by atoms with Gasteiger partial charge in [-0.15, -0.1) is 0 Å². The minimum atomic E-state index is -0.0545. The van der Waals surface area contributed by atoms with Gasteiger partial charge in [0.05, 0.1) is 0 Å². The molecule has 1 aromatic heterocycles. The van der Waals surface area contributed by atoms with Crippen LogP contribution in [0.15, 0.2) is 17.1 Å². The molecule has 0 fully saturated rings. The first kappa shape index (κ1) is 10.8. The second-order valence-electron chi connectivity index (χ2n) is 3.62. The maximum atomic E-state index is 11.6. The average molecular weight is 194 g/mol. The fourth-order valence-corrected chi connectivity index (χ4v) is 1.39. The van der Waals surface area contributed by atoms with Crippen LogP contribution in [0.2, 0.25) is 0 Å². The van der Waals surface area contributed by atoms with Gasteiger partial charge in [0, 0.05) is 12.7 Å². The first-order chi connectivity index (χ1) is 6.66. The first-order valence-corrected chi connectivity index (χ1v) is 5.12. The monoisotopic (exact) mass is 194 g/mol. The second-order valence-corrected chi connectivity index (χ2v) is 3.62. The standard InChI is InChI=1S/C11H18N2O/c1-3-4-5-7-13-8-6-9(2)10(12)11(13)14/h6,8H,3-5,7,12H2,1-2H3.